The van der Waals surface area contributed by atoms with Crippen LogP contribution in [0.5, 0.6) is 0 Å². The summed E-state index contributed by atoms with van der Waals surface area (Å²) >= 11 is 0. The zero-order valence-electron chi connectivity index (χ0n) is 11.7. The van der Waals surface area contributed by atoms with Crippen molar-refractivity contribution in [2.45, 2.75) is 64.1 Å². The summed E-state index contributed by atoms with van der Waals surface area (Å²) in [5.41, 5.74) is 6.00. The molecule has 1 atom stereocenters. The molecule has 0 unspecified atom stereocenters. The van der Waals surface area contributed by atoms with Gasteiger partial charge >= 0.3 is 0 Å². The van der Waals surface area contributed by atoms with Crippen LogP contribution in [0.15, 0.2) is 22.8 Å². The van der Waals surface area contributed by atoms with Crippen LogP contribution < -0.4 is 5.73 Å². The van der Waals surface area contributed by atoms with E-state index in [0.29, 0.717) is 12.6 Å². The van der Waals surface area contributed by atoms with Gasteiger partial charge in [0.2, 0.25) is 5.91 Å². The summed E-state index contributed by atoms with van der Waals surface area (Å²) in [6.07, 6.45) is 7.92. The first-order valence-corrected chi connectivity index (χ1v) is 7.30. The second kappa shape index (κ2) is 6.75. The van der Waals surface area contributed by atoms with Crippen molar-refractivity contribution in [3.05, 3.63) is 24.2 Å². The zero-order chi connectivity index (χ0) is 13.7. The molecule has 1 saturated carbocycles. The third-order valence-corrected chi connectivity index (χ3v) is 3.87. The quantitative estimate of drug-likeness (QED) is 0.859. The Morgan fingerprint density at radius 3 is 2.84 bits per heavy atom. The van der Waals surface area contributed by atoms with Gasteiger partial charge in [-0.15, -0.1) is 0 Å². The predicted octanol–water partition coefficient (Wildman–Crippen LogP) is 2.68. The molecule has 2 N–H and O–H groups in total. The third kappa shape index (κ3) is 3.60. The lowest BCUT2D eigenvalue weighted by atomic mass is 10.1. The van der Waals surface area contributed by atoms with Gasteiger partial charge in [-0.05, 0) is 31.4 Å². The summed E-state index contributed by atoms with van der Waals surface area (Å²) in [6, 6.07) is 3.74. The number of carbonyl (C=O) groups excluding carboxylic acids is 1. The van der Waals surface area contributed by atoms with E-state index in [1.807, 2.05) is 17.0 Å². The standard InChI is InChI=1S/C15H24N2O2/c1-2-6-14(16)15(18)17(12-7-3-4-8-12)11-13-9-5-10-19-13/h5,9-10,12,14H,2-4,6-8,11,16H2,1H3/t14-/m0/s1. The predicted molar refractivity (Wildman–Crippen MR) is 74.4 cm³/mol. The Balaban J connectivity index is 2.06. The Hall–Kier alpha value is -1.29. The monoisotopic (exact) mass is 264 g/mol. The van der Waals surface area contributed by atoms with E-state index < -0.39 is 0 Å². The first-order valence-electron chi connectivity index (χ1n) is 7.30. The minimum absolute atomic E-state index is 0.0742. The Labute approximate surface area is 114 Å². The van der Waals surface area contributed by atoms with E-state index in [1.54, 1.807) is 6.26 Å². The molecule has 1 aromatic rings. The van der Waals surface area contributed by atoms with Gasteiger partial charge in [0.05, 0.1) is 18.8 Å². The Morgan fingerprint density at radius 2 is 2.26 bits per heavy atom. The van der Waals surface area contributed by atoms with Crippen LogP contribution >= 0.6 is 0 Å². The lowest BCUT2D eigenvalue weighted by Crippen LogP contribution is -2.47. The van der Waals surface area contributed by atoms with Crippen LogP contribution in [0.4, 0.5) is 0 Å². The lowest BCUT2D eigenvalue weighted by molar-refractivity contribution is -0.136. The van der Waals surface area contributed by atoms with Crippen molar-refractivity contribution < 1.29 is 9.21 Å². The van der Waals surface area contributed by atoms with Crippen molar-refractivity contribution in [2.75, 3.05) is 0 Å². The molecule has 1 aliphatic carbocycles. The number of hydrogen-bond acceptors (Lipinski definition) is 3. The number of nitrogens with two attached hydrogens (primary N) is 1. The van der Waals surface area contributed by atoms with E-state index in [1.165, 1.54) is 12.8 Å². The minimum Gasteiger partial charge on any atom is -0.467 e. The molecule has 0 spiro atoms. The second-order valence-corrected chi connectivity index (χ2v) is 5.38. The molecule has 1 amide bonds. The largest absolute Gasteiger partial charge is 0.467 e. The molecule has 19 heavy (non-hydrogen) atoms. The third-order valence-electron chi connectivity index (χ3n) is 3.87. The van der Waals surface area contributed by atoms with Gasteiger partial charge in [-0.25, -0.2) is 0 Å². The number of rotatable bonds is 6. The summed E-state index contributed by atoms with van der Waals surface area (Å²) < 4.78 is 5.38. The highest BCUT2D eigenvalue weighted by atomic mass is 16.3. The summed E-state index contributed by atoms with van der Waals surface area (Å²) in [4.78, 5) is 14.4. The first-order chi connectivity index (χ1) is 9.22. The average Bonchev–Trinajstić information content (AvgIpc) is 3.08. The maximum Gasteiger partial charge on any atom is 0.240 e. The zero-order valence-corrected chi connectivity index (χ0v) is 11.7. The summed E-state index contributed by atoms with van der Waals surface area (Å²) in [7, 11) is 0. The molecule has 0 bridgehead atoms. The maximum atomic E-state index is 12.5. The summed E-state index contributed by atoms with van der Waals surface area (Å²) in [5.74, 6) is 0.911. The number of hydrogen-bond donors (Lipinski definition) is 1. The van der Waals surface area contributed by atoms with Crippen LogP contribution in [0.3, 0.4) is 0 Å². The number of nitrogens with zero attached hydrogens (tertiary/aromatic N) is 1. The van der Waals surface area contributed by atoms with Crippen LogP contribution in [0.25, 0.3) is 0 Å². The molecule has 1 aromatic heterocycles. The van der Waals surface area contributed by atoms with E-state index in [9.17, 15) is 4.79 Å². The van der Waals surface area contributed by atoms with Crippen LogP contribution in [-0.2, 0) is 11.3 Å². The highest BCUT2D eigenvalue weighted by molar-refractivity contribution is 5.81. The molecule has 2 rings (SSSR count). The number of amides is 1. The smallest absolute Gasteiger partial charge is 0.240 e. The van der Waals surface area contributed by atoms with Crippen LogP contribution in [-0.4, -0.2) is 22.9 Å². The van der Waals surface area contributed by atoms with Gasteiger partial charge in [0, 0.05) is 6.04 Å². The molecule has 1 aliphatic rings. The number of carbonyl (C=O) groups is 1. The molecule has 0 radical (unpaired) electrons. The first kappa shape index (κ1) is 14.1. The van der Waals surface area contributed by atoms with Gasteiger partial charge in [-0.3, -0.25) is 4.79 Å². The molecule has 0 aliphatic heterocycles. The van der Waals surface area contributed by atoms with Crippen molar-refractivity contribution in [1.29, 1.82) is 0 Å². The molecule has 1 fully saturated rings. The summed E-state index contributed by atoms with van der Waals surface area (Å²) in [5, 5.41) is 0. The van der Waals surface area contributed by atoms with Gasteiger partial charge in [0.25, 0.3) is 0 Å². The molecular weight excluding hydrogens is 240 g/mol. The van der Waals surface area contributed by atoms with Crippen LogP contribution in [0.2, 0.25) is 0 Å². The highest BCUT2D eigenvalue weighted by Gasteiger charge is 2.30. The lowest BCUT2D eigenvalue weighted by Gasteiger charge is -2.30. The van der Waals surface area contributed by atoms with Gasteiger partial charge < -0.3 is 15.1 Å². The van der Waals surface area contributed by atoms with E-state index in [-0.39, 0.29) is 11.9 Å². The second-order valence-electron chi connectivity index (χ2n) is 5.38. The minimum atomic E-state index is -0.374. The van der Waals surface area contributed by atoms with E-state index >= 15 is 0 Å². The Bertz CT molecular complexity index is 383. The van der Waals surface area contributed by atoms with Crippen LogP contribution in [0, 0.1) is 0 Å². The van der Waals surface area contributed by atoms with Gasteiger partial charge in [0.15, 0.2) is 0 Å². The maximum absolute atomic E-state index is 12.5. The van der Waals surface area contributed by atoms with E-state index in [2.05, 4.69) is 6.92 Å². The highest BCUT2D eigenvalue weighted by Crippen LogP contribution is 2.26. The van der Waals surface area contributed by atoms with Crippen molar-refractivity contribution in [3.8, 4) is 0 Å². The Morgan fingerprint density at radius 1 is 1.53 bits per heavy atom. The fourth-order valence-corrected chi connectivity index (χ4v) is 2.82. The molecular formula is C15H24N2O2. The van der Waals surface area contributed by atoms with Gasteiger partial charge in [0.1, 0.15) is 5.76 Å². The van der Waals surface area contributed by atoms with Gasteiger partial charge in [-0.1, -0.05) is 26.2 Å². The summed E-state index contributed by atoms with van der Waals surface area (Å²) in [6.45, 7) is 2.60. The van der Waals surface area contributed by atoms with E-state index in [4.69, 9.17) is 10.2 Å². The van der Waals surface area contributed by atoms with Crippen molar-refractivity contribution >= 4 is 5.91 Å². The fourth-order valence-electron chi connectivity index (χ4n) is 2.82. The molecule has 1 heterocycles. The molecule has 0 saturated heterocycles. The molecule has 4 nitrogen and oxygen atoms in total. The number of furan rings is 1. The van der Waals surface area contributed by atoms with Crippen molar-refractivity contribution in [2.24, 2.45) is 5.73 Å². The molecule has 0 aromatic carbocycles. The molecule has 4 heteroatoms. The van der Waals surface area contributed by atoms with E-state index in [0.717, 1.165) is 31.4 Å². The SMILES string of the molecule is CCC[C@H](N)C(=O)N(Cc1ccco1)C1CCCC1. The fraction of sp³-hybridized carbons (Fsp3) is 0.667. The van der Waals surface area contributed by atoms with Gasteiger partial charge in [-0.2, -0.15) is 0 Å². The topological polar surface area (TPSA) is 59.5 Å². The Kier molecular flexibility index (Phi) is 5.02. The normalized spacial score (nSPS) is 17.6. The molecule has 106 valence electrons. The van der Waals surface area contributed by atoms with Crippen molar-refractivity contribution in [1.82, 2.24) is 4.90 Å². The van der Waals surface area contributed by atoms with Crippen molar-refractivity contribution in [3.63, 3.8) is 0 Å². The van der Waals surface area contributed by atoms with Crippen LogP contribution in [0.1, 0.15) is 51.2 Å². The average molecular weight is 264 g/mol.